The van der Waals surface area contributed by atoms with E-state index < -0.39 is 32.4 Å². The summed E-state index contributed by atoms with van der Waals surface area (Å²) in [7, 11) is -1.58. The van der Waals surface area contributed by atoms with Gasteiger partial charge in [0, 0.05) is 0 Å². The van der Waals surface area contributed by atoms with Gasteiger partial charge in [0.25, 0.3) is 0 Å². The van der Waals surface area contributed by atoms with Crippen molar-refractivity contribution in [1.82, 2.24) is 0 Å². The molecule has 0 aromatic heterocycles. The van der Waals surface area contributed by atoms with E-state index in [1.54, 1.807) is 0 Å². The van der Waals surface area contributed by atoms with Crippen molar-refractivity contribution >= 4 is 41.2 Å². The standard InChI is InChI=1S/C11H15O2Si.3CH3.Sn/c1-14(2,9-8-11(12)13)10-6-4-3-5-7-10;;;;/h4-7H,8-9H2,1-2H3,(H,12,13);3*1H3;. The molecule has 0 aliphatic carbocycles. The molecule has 100 valence electrons. The van der Waals surface area contributed by atoms with E-state index in [0.717, 1.165) is 6.04 Å². The molecule has 0 amide bonds. The van der Waals surface area contributed by atoms with Crippen LogP contribution in [0.3, 0.4) is 0 Å². The Morgan fingerprint density at radius 3 is 2.06 bits per heavy atom. The van der Waals surface area contributed by atoms with Crippen LogP contribution in [0.25, 0.3) is 0 Å². The zero-order valence-electron chi connectivity index (χ0n) is 12.1. The molecule has 0 saturated carbocycles. The van der Waals surface area contributed by atoms with Crippen LogP contribution in [0.4, 0.5) is 0 Å². The summed E-state index contributed by atoms with van der Waals surface area (Å²) < 4.78 is 1.54. The van der Waals surface area contributed by atoms with Gasteiger partial charge < -0.3 is 0 Å². The van der Waals surface area contributed by atoms with Crippen LogP contribution >= 0.6 is 0 Å². The van der Waals surface area contributed by atoms with Gasteiger partial charge in [-0.2, -0.15) is 0 Å². The van der Waals surface area contributed by atoms with Gasteiger partial charge in [-0.1, -0.05) is 0 Å². The van der Waals surface area contributed by atoms with Gasteiger partial charge in [-0.05, 0) is 0 Å². The Hall–Kier alpha value is -0.294. The molecule has 0 spiro atoms. The summed E-state index contributed by atoms with van der Waals surface area (Å²) in [5.74, 6) is -0.682. The Labute approximate surface area is 115 Å². The Kier molecular flexibility index (Phi) is 5.06. The number of hydrogen-bond donors (Lipinski definition) is 1. The normalized spacial score (nSPS) is 12.5. The molecule has 0 atom stereocenters. The second-order valence-electron chi connectivity index (χ2n) is 6.60. The van der Waals surface area contributed by atoms with Crippen LogP contribution in [-0.2, 0) is 4.79 Å². The van der Waals surface area contributed by atoms with E-state index in [0.29, 0.717) is 6.42 Å². The van der Waals surface area contributed by atoms with Crippen molar-refractivity contribution < 1.29 is 9.90 Å². The quantitative estimate of drug-likeness (QED) is 0.809. The number of carboxylic acids is 1. The summed E-state index contributed by atoms with van der Waals surface area (Å²) in [5, 5.41) is 10.2. The fraction of sp³-hybridized carbons (Fsp3) is 0.500. The first kappa shape index (κ1) is 15.8. The van der Waals surface area contributed by atoms with Crippen LogP contribution in [0.2, 0.25) is 34.0 Å². The van der Waals surface area contributed by atoms with Crippen molar-refractivity contribution in [2.75, 3.05) is 0 Å². The first-order valence-electron chi connectivity index (χ1n) is 6.46. The predicted molar refractivity (Wildman–Crippen MR) is 83.6 cm³/mol. The SMILES string of the molecule is C[Si](C)(CCC(=O)O)c1cc[c]([Sn]([CH3])([CH3])[CH3])cc1. The van der Waals surface area contributed by atoms with Gasteiger partial charge in [-0.3, -0.25) is 0 Å². The average molecular weight is 371 g/mol. The number of benzene rings is 1. The van der Waals surface area contributed by atoms with Gasteiger partial charge in [0.2, 0.25) is 0 Å². The third-order valence-electron chi connectivity index (χ3n) is 3.50. The molecule has 0 bridgehead atoms. The fourth-order valence-electron chi connectivity index (χ4n) is 1.99. The topological polar surface area (TPSA) is 37.3 Å². The van der Waals surface area contributed by atoms with E-state index >= 15 is 0 Å². The maximum atomic E-state index is 10.7. The Morgan fingerprint density at radius 2 is 1.67 bits per heavy atom. The molecule has 1 rings (SSSR count). The van der Waals surface area contributed by atoms with E-state index in [1.165, 1.54) is 8.77 Å². The van der Waals surface area contributed by atoms with Crippen molar-refractivity contribution in [2.24, 2.45) is 0 Å². The molecule has 0 fully saturated rings. The zero-order valence-corrected chi connectivity index (χ0v) is 15.9. The van der Waals surface area contributed by atoms with Crippen molar-refractivity contribution in [3.8, 4) is 0 Å². The molecule has 2 nitrogen and oxygen atoms in total. The number of rotatable bonds is 5. The molecule has 0 aliphatic rings. The minimum atomic E-state index is -1.95. The first-order chi connectivity index (χ1) is 8.13. The summed E-state index contributed by atoms with van der Waals surface area (Å²) in [5.41, 5.74) is 0. The molecule has 0 saturated heterocycles. The summed E-state index contributed by atoms with van der Waals surface area (Å²) in [6, 6.07) is 9.86. The maximum absolute atomic E-state index is 10.7. The number of hydrogen-bond acceptors (Lipinski definition) is 1. The number of carboxylic acid groups (broad SMARTS) is 1. The molecule has 1 aromatic carbocycles. The van der Waals surface area contributed by atoms with Crippen molar-refractivity contribution in [3.05, 3.63) is 24.3 Å². The second-order valence-corrected chi connectivity index (χ2v) is 25.9. The Morgan fingerprint density at radius 1 is 1.17 bits per heavy atom. The van der Waals surface area contributed by atoms with Gasteiger partial charge in [-0.25, -0.2) is 0 Å². The third-order valence-corrected chi connectivity index (χ3v) is 12.8. The summed E-state index contributed by atoms with van der Waals surface area (Å²) >= 11 is -1.95. The van der Waals surface area contributed by atoms with Crippen LogP contribution in [0.1, 0.15) is 6.42 Å². The molecule has 4 heteroatoms. The number of aliphatic carboxylic acids is 1. The zero-order chi connectivity index (χ0) is 14.0. The van der Waals surface area contributed by atoms with Gasteiger partial charge >= 0.3 is 116 Å². The van der Waals surface area contributed by atoms with E-state index in [1.807, 2.05) is 0 Å². The van der Waals surface area contributed by atoms with E-state index in [4.69, 9.17) is 5.11 Å². The Bertz CT molecular complexity index is 418. The van der Waals surface area contributed by atoms with Gasteiger partial charge in [-0.15, -0.1) is 0 Å². The van der Waals surface area contributed by atoms with Crippen molar-refractivity contribution in [2.45, 2.75) is 40.4 Å². The van der Waals surface area contributed by atoms with Crippen LogP contribution in [0.15, 0.2) is 24.3 Å². The Balaban J connectivity index is 2.87. The van der Waals surface area contributed by atoms with Gasteiger partial charge in [0.15, 0.2) is 0 Å². The molecule has 18 heavy (non-hydrogen) atoms. The third kappa shape index (κ3) is 4.42. The van der Waals surface area contributed by atoms with Gasteiger partial charge in [0.1, 0.15) is 0 Å². The van der Waals surface area contributed by atoms with Crippen LogP contribution in [-0.4, -0.2) is 37.5 Å². The van der Waals surface area contributed by atoms with E-state index in [9.17, 15) is 4.79 Å². The van der Waals surface area contributed by atoms with Gasteiger partial charge in [0.05, 0.1) is 0 Å². The molecule has 1 N–H and O–H groups in total. The molecule has 0 unspecified atom stereocenters. The summed E-state index contributed by atoms with van der Waals surface area (Å²) in [6.07, 6.45) is 0.291. The molecule has 0 radical (unpaired) electrons. The average Bonchev–Trinajstić information content (AvgIpc) is 2.26. The van der Waals surface area contributed by atoms with Crippen LogP contribution in [0, 0.1) is 0 Å². The van der Waals surface area contributed by atoms with E-state index in [-0.39, 0.29) is 0 Å². The second kappa shape index (κ2) is 5.78. The van der Waals surface area contributed by atoms with E-state index in [2.05, 4.69) is 52.2 Å². The number of carbonyl (C=O) groups is 1. The minimum absolute atomic E-state index is 0.291. The first-order valence-corrected chi connectivity index (χ1v) is 19.7. The summed E-state index contributed by atoms with van der Waals surface area (Å²) in [4.78, 5) is 17.9. The van der Waals surface area contributed by atoms with Crippen molar-refractivity contribution in [3.63, 3.8) is 0 Å². The molecular formula is C14H24O2SiSn. The van der Waals surface area contributed by atoms with Crippen molar-refractivity contribution in [1.29, 1.82) is 0 Å². The van der Waals surface area contributed by atoms with Crippen LogP contribution < -0.4 is 8.77 Å². The summed E-state index contributed by atoms with van der Waals surface area (Å²) in [6.45, 7) is 4.51. The monoisotopic (exact) mass is 372 g/mol. The molecule has 0 heterocycles. The molecular weight excluding hydrogens is 347 g/mol. The van der Waals surface area contributed by atoms with Crippen LogP contribution in [0.5, 0.6) is 0 Å². The molecule has 0 aliphatic heterocycles. The fourth-order valence-corrected chi connectivity index (χ4v) is 7.51. The predicted octanol–water partition coefficient (Wildman–Crippen LogP) is 2.62. The molecule has 1 aromatic rings.